The summed E-state index contributed by atoms with van der Waals surface area (Å²) in [5, 5.41) is 1.16. The van der Waals surface area contributed by atoms with E-state index in [1.165, 1.54) is 0 Å². The van der Waals surface area contributed by atoms with Crippen molar-refractivity contribution in [1.29, 1.82) is 0 Å². The van der Waals surface area contributed by atoms with E-state index in [1.54, 1.807) is 7.05 Å². The number of ether oxygens (including phenoxy) is 1. The molecule has 1 heterocycles. The van der Waals surface area contributed by atoms with Gasteiger partial charge in [0.25, 0.3) is 6.02 Å². The molecule has 1 N–H and O–H groups in total. The van der Waals surface area contributed by atoms with Crippen molar-refractivity contribution in [2.24, 2.45) is 4.99 Å². The van der Waals surface area contributed by atoms with Crippen molar-refractivity contribution < 1.29 is 4.74 Å². The number of benzene rings is 1. The van der Waals surface area contributed by atoms with Crippen molar-refractivity contribution in [1.82, 2.24) is 9.88 Å². The standard InChI is InChI=1S/C16H21N3O/c1-5-12(3)19(6-2)16(17-4)20-14-8-7-13-9-10-18-15(13)11-14/h7-11,18H,3,5-6H2,1-2,4H3. The van der Waals surface area contributed by atoms with Gasteiger partial charge in [-0.3, -0.25) is 0 Å². The SMILES string of the molecule is C=C(CC)N(CC)C(=NC)Oc1ccc2cc[nH]c2c1. The van der Waals surface area contributed by atoms with Crippen LogP contribution in [0.2, 0.25) is 0 Å². The van der Waals surface area contributed by atoms with Gasteiger partial charge in [-0.25, -0.2) is 4.99 Å². The van der Waals surface area contributed by atoms with E-state index < -0.39 is 0 Å². The van der Waals surface area contributed by atoms with Crippen LogP contribution in [0.3, 0.4) is 0 Å². The first-order valence-electron chi connectivity index (χ1n) is 6.86. The maximum Gasteiger partial charge on any atom is 0.296 e. The molecule has 0 aliphatic heterocycles. The van der Waals surface area contributed by atoms with Gasteiger partial charge in [0.2, 0.25) is 0 Å². The molecule has 0 saturated carbocycles. The first-order valence-corrected chi connectivity index (χ1v) is 6.86. The highest BCUT2D eigenvalue weighted by Crippen LogP contribution is 2.21. The van der Waals surface area contributed by atoms with Crippen LogP contribution < -0.4 is 4.74 Å². The maximum absolute atomic E-state index is 5.91. The Hall–Kier alpha value is -2.23. The summed E-state index contributed by atoms with van der Waals surface area (Å²) in [5.74, 6) is 0.767. The molecular weight excluding hydrogens is 250 g/mol. The molecule has 0 atom stereocenters. The van der Waals surface area contributed by atoms with Gasteiger partial charge in [-0.2, -0.15) is 0 Å². The maximum atomic E-state index is 5.91. The zero-order chi connectivity index (χ0) is 14.5. The van der Waals surface area contributed by atoms with E-state index in [0.717, 1.165) is 35.3 Å². The van der Waals surface area contributed by atoms with Crippen LogP contribution in [0, 0.1) is 0 Å². The lowest BCUT2D eigenvalue weighted by molar-refractivity contribution is 0.398. The summed E-state index contributed by atoms with van der Waals surface area (Å²) in [4.78, 5) is 9.40. The molecule has 0 fully saturated rings. The number of hydrogen-bond acceptors (Lipinski definition) is 2. The number of hydrogen-bond donors (Lipinski definition) is 1. The first-order chi connectivity index (χ1) is 9.69. The molecule has 106 valence electrons. The molecule has 0 bridgehead atoms. The molecule has 0 saturated heterocycles. The van der Waals surface area contributed by atoms with Gasteiger partial charge < -0.3 is 14.6 Å². The molecule has 4 nitrogen and oxygen atoms in total. The average Bonchev–Trinajstić information content (AvgIpc) is 2.94. The number of aromatic amines is 1. The topological polar surface area (TPSA) is 40.6 Å². The Morgan fingerprint density at radius 1 is 1.35 bits per heavy atom. The lowest BCUT2D eigenvalue weighted by atomic mass is 10.2. The number of aromatic nitrogens is 1. The number of allylic oxidation sites excluding steroid dienone is 1. The van der Waals surface area contributed by atoms with Crippen molar-refractivity contribution in [3.05, 3.63) is 42.7 Å². The molecule has 0 amide bonds. The molecule has 0 aliphatic carbocycles. The lowest BCUT2D eigenvalue weighted by Gasteiger charge is -2.25. The molecule has 4 heteroatoms. The summed E-state index contributed by atoms with van der Waals surface area (Å²) >= 11 is 0. The molecule has 0 radical (unpaired) electrons. The second-order valence-electron chi connectivity index (χ2n) is 4.50. The third-order valence-electron chi connectivity index (χ3n) is 3.26. The Bertz CT molecular complexity index is 627. The number of nitrogens with one attached hydrogen (secondary N) is 1. The summed E-state index contributed by atoms with van der Waals surface area (Å²) in [6.45, 7) is 8.97. The van der Waals surface area contributed by atoms with Crippen molar-refractivity contribution in [2.45, 2.75) is 20.3 Å². The molecule has 0 unspecified atom stereocenters. The highest BCUT2D eigenvalue weighted by Gasteiger charge is 2.14. The average molecular weight is 271 g/mol. The minimum Gasteiger partial charge on any atom is -0.426 e. The van der Waals surface area contributed by atoms with Crippen LogP contribution in [0.15, 0.2) is 47.7 Å². The van der Waals surface area contributed by atoms with E-state index >= 15 is 0 Å². The second-order valence-corrected chi connectivity index (χ2v) is 4.50. The highest BCUT2D eigenvalue weighted by molar-refractivity contribution is 5.83. The molecule has 0 spiro atoms. The Labute approximate surface area is 119 Å². The Kier molecular flexibility index (Phi) is 4.45. The molecule has 1 aromatic heterocycles. The van der Waals surface area contributed by atoms with Gasteiger partial charge in [-0.05, 0) is 36.9 Å². The number of amidine groups is 1. The van der Waals surface area contributed by atoms with Crippen LogP contribution in [0.25, 0.3) is 10.9 Å². The Balaban J connectivity index is 2.22. The number of fused-ring (bicyclic) bond motifs is 1. The van der Waals surface area contributed by atoms with E-state index in [2.05, 4.69) is 30.4 Å². The zero-order valence-electron chi connectivity index (χ0n) is 12.3. The highest BCUT2D eigenvalue weighted by atomic mass is 16.5. The summed E-state index contributed by atoms with van der Waals surface area (Å²) in [5.41, 5.74) is 2.05. The van der Waals surface area contributed by atoms with Crippen molar-refractivity contribution in [3.63, 3.8) is 0 Å². The molecule has 20 heavy (non-hydrogen) atoms. The summed E-state index contributed by atoms with van der Waals surface area (Å²) in [6.07, 6.45) is 2.78. The minimum atomic E-state index is 0.574. The molecule has 2 rings (SSSR count). The fourth-order valence-corrected chi connectivity index (χ4v) is 2.10. The van der Waals surface area contributed by atoms with Crippen molar-refractivity contribution in [3.8, 4) is 5.75 Å². The molecular formula is C16H21N3O. The number of H-pyrrole nitrogens is 1. The van der Waals surface area contributed by atoms with E-state index in [9.17, 15) is 0 Å². The van der Waals surface area contributed by atoms with Crippen LogP contribution in [0.4, 0.5) is 0 Å². The second kappa shape index (κ2) is 6.28. The van der Waals surface area contributed by atoms with Gasteiger partial charge in [0.1, 0.15) is 5.75 Å². The largest absolute Gasteiger partial charge is 0.426 e. The van der Waals surface area contributed by atoms with Gasteiger partial charge in [0.15, 0.2) is 0 Å². The molecule has 1 aromatic carbocycles. The Morgan fingerprint density at radius 2 is 2.15 bits per heavy atom. The molecule has 2 aromatic rings. The van der Waals surface area contributed by atoms with E-state index in [0.29, 0.717) is 6.02 Å². The Morgan fingerprint density at radius 3 is 2.80 bits per heavy atom. The van der Waals surface area contributed by atoms with Gasteiger partial charge in [0.05, 0.1) is 0 Å². The van der Waals surface area contributed by atoms with Crippen LogP contribution in [-0.2, 0) is 0 Å². The summed E-state index contributed by atoms with van der Waals surface area (Å²) in [6, 6.07) is 8.56. The summed E-state index contributed by atoms with van der Waals surface area (Å²) in [7, 11) is 1.73. The van der Waals surface area contributed by atoms with Crippen molar-refractivity contribution >= 4 is 16.9 Å². The quantitative estimate of drug-likeness (QED) is 0.679. The van der Waals surface area contributed by atoms with Gasteiger partial charge in [-0.1, -0.05) is 13.5 Å². The number of nitrogens with zero attached hydrogens (tertiary/aromatic N) is 2. The third-order valence-corrected chi connectivity index (χ3v) is 3.26. The van der Waals surface area contributed by atoms with Crippen molar-refractivity contribution in [2.75, 3.05) is 13.6 Å². The fourth-order valence-electron chi connectivity index (χ4n) is 2.10. The zero-order valence-corrected chi connectivity index (χ0v) is 12.3. The van der Waals surface area contributed by atoms with Crippen LogP contribution in [0.5, 0.6) is 5.75 Å². The predicted octanol–water partition coefficient (Wildman–Crippen LogP) is 3.78. The van der Waals surface area contributed by atoms with Gasteiger partial charge in [-0.15, -0.1) is 0 Å². The lowest BCUT2D eigenvalue weighted by Crippen LogP contribution is -2.33. The predicted molar refractivity (Wildman–Crippen MR) is 84.1 cm³/mol. The van der Waals surface area contributed by atoms with Crippen LogP contribution in [0.1, 0.15) is 20.3 Å². The first kappa shape index (κ1) is 14.2. The third kappa shape index (κ3) is 2.85. The molecule has 0 aliphatic rings. The monoisotopic (exact) mass is 271 g/mol. The van der Waals surface area contributed by atoms with Gasteiger partial charge >= 0.3 is 0 Å². The summed E-state index contributed by atoms with van der Waals surface area (Å²) < 4.78 is 5.91. The van der Waals surface area contributed by atoms with Crippen LogP contribution >= 0.6 is 0 Å². The normalized spacial score (nSPS) is 11.7. The smallest absolute Gasteiger partial charge is 0.296 e. The van der Waals surface area contributed by atoms with Crippen LogP contribution in [-0.4, -0.2) is 29.5 Å². The van der Waals surface area contributed by atoms with Gasteiger partial charge in [0, 0.05) is 37.1 Å². The fraction of sp³-hybridized carbons (Fsp3) is 0.312. The minimum absolute atomic E-state index is 0.574. The number of rotatable bonds is 4. The van der Waals surface area contributed by atoms with E-state index in [-0.39, 0.29) is 0 Å². The van der Waals surface area contributed by atoms with E-state index in [1.807, 2.05) is 35.4 Å². The number of aliphatic imine (C=N–C) groups is 1. The van der Waals surface area contributed by atoms with E-state index in [4.69, 9.17) is 4.74 Å².